The van der Waals surface area contributed by atoms with Gasteiger partial charge in [-0.15, -0.1) is 0 Å². The average molecular weight is 488 g/mol. The molecule has 1 aliphatic carbocycles. The molecular weight excluding hydrogens is 442 g/mol. The molecule has 1 aliphatic rings. The van der Waals surface area contributed by atoms with Crippen LogP contribution in [0.25, 0.3) is 0 Å². The molecule has 0 bridgehead atoms. The van der Waals surface area contributed by atoms with Gasteiger partial charge in [0.25, 0.3) is 0 Å². The number of amides is 3. The Kier molecular flexibility index (Phi) is 10.2. The van der Waals surface area contributed by atoms with Gasteiger partial charge in [0, 0.05) is 12.1 Å². The van der Waals surface area contributed by atoms with Gasteiger partial charge in [-0.05, 0) is 77.3 Å². The second kappa shape index (κ2) is 12.4. The van der Waals surface area contributed by atoms with Crippen molar-refractivity contribution in [3.63, 3.8) is 0 Å². The van der Waals surface area contributed by atoms with E-state index in [0.29, 0.717) is 6.42 Å². The number of nitrogens with zero attached hydrogens (tertiary/aromatic N) is 1. The number of benzene rings is 1. The molecule has 7 heteroatoms. The number of rotatable bonds is 10. The van der Waals surface area contributed by atoms with Crippen molar-refractivity contribution in [2.75, 3.05) is 0 Å². The summed E-state index contributed by atoms with van der Waals surface area (Å²) in [7, 11) is 0. The molecule has 7 nitrogen and oxygen atoms in total. The summed E-state index contributed by atoms with van der Waals surface area (Å²) in [4.78, 5) is 42.1. The summed E-state index contributed by atoms with van der Waals surface area (Å²) in [6.45, 7) is 15.2. The summed E-state index contributed by atoms with van der Waals surface area (Å²) in [5, 5.41) is 5.85. The summed E-state index contributed by atoms with van der Waals surface area (Å²) in [6.07, 6.45) is 3.65. The van der Waals surface area contributed by atoms with Gasteiger partial charge in [0.05, 0.1) is 0 Å². The van der Waals surface area contributed by atoms with Crippen molar-refractivity contribution in [1.29, 1.82) is 0 Å². The van der Waals surface area contributed by atoms with Crippen molar-refractivity contribution in [2.24, 2.45) is 5.92 Å². The van der Waals surface area contributed by atoms with Gasteiger partial charge in [-0.3, -0.25) is 9.59 Å². The van der Waals surface area contributed by atoms with Crippen molar-refractivity contribution in [3.8, 4) is 0 Å². The molecule has 3 unspecified atom stereocenters. The van der Waals surface area contributed by atoms with E-state index in [1.807, 2.05) is 52.0 Å². The molecule has 35 heavy (non-hydrogen) atoms. The SMILES string of the molecule is CCc1ccc(C(C(=O)NC(C)C)N(C(=O)C(NC(=O)OC(C)(C)C)C(C)CC)C2CCC2)cc1. The smallest absolute Gasteiger partial charge is 0.408 e. The molecule has 0 aromatic heterocycles. The fraction of sp³-hybridized carbons (Fsp3) is 0.679. The fourth-order valence-electron chi connectivity index (χ4n) is 4.20. The molecule has 2 N–H and O–H groups in total. The van der Waals surface area contributed by atoms with E-state index in [4.69, 9.17) is 4.74 Å². The van der Waals surface area contributed by atoms with Crippen molar-refractivity contribution < 1.29 is 19.1 Å². The maximum absolute atomic E-state index is 14.2. The van der Waals surface area contributed by atoms with E-state index < -0.39 is 23.8 Å². The molecular formula is C28H45N3O4. The van der Waals surface area contributed by atoms with Crippen LogP contribution in [0.2, 0.25) is 0 Å². The van der Waals surface area contributed by atoms with Crippen LogP contribution in [0.1, 0.15) is 98.2 Å². The summed E-state index contributed by atoms with van der Waals surface area (Å²) in [6, 6.07) is 6.24. The number of ether oxygens (including phenoxy) is 1. The lowest BCUT2D eigenvalue weighted by atomic mass is 9.86. The lowest BCUT2D eigenvalue weighted by Gasteiger charge is -2.44. The average Bonchev–Trinajstić information content (AvgIpc) is 2.73. The number of carbonyl (C=O) groups is 3. The van der Waals surface area contributed by atoms with Crippen molar-refractivity contribution in [1.82, 2.24) is 15.5 Å². The number of nitrogens with one attached hydrogen (secondary N) is 2. The van der Waals surface area contributed by atoms with Gasteiger partial charge in [-0.25, -0.2) is 4.79 Å². The van der Waals surface area contributed by atoms with Crippen LogP contribution in [0.5, 0.6) is 0 Å². The zero-order valence-electron chi connectivity index (χ0n) is 22.8. The van der Waals surface area contributed by atoms with Gasteiger partial charge in [0.2, 0.25) is 11.8 Å². The van der Waals surface area contributed by atoms with E-state index in [0.717, 1.165) is 31.2 Å². The minimum Gasteiger partial charge on any atom is -0.444 e. The first-order chi connectivity index (χ1) is 16.4. The van der Waals surface area contributed by atoms with Gasteiger partial charge in [0.1, 0.15) is 17.7 Å². The van der Waals surface area contributed by atoms with Crippen LogP contribution in [-0.4, -0.2) is 46.5 Å². The van der Waals surface area contributed by atoms with E-state index in [1.165, 1.54) is 5.56 Å². The second-order valence-electron chi connectivity index (χ2n) is 11.0. The minimum absolute atomic E-state index is 0.0525. The lowest BCUT2D eigenvalue weighted by Crippen LogP contribution is -2.59. The van der Waals surface area contributed by atoms with E-state index in [1.54, 1.807) is 25.7 Å². The lowest BCUT2D eigenvalue weighted by molar-refractivity contribution is -0.148. The molecule has 0 aliphatic heterocycles. The first-order valence-corrected chi connectivity index (χ1v) is 13.1. The predicted octanol–water partition coefficient (Wildman–Crippen LogP) is 5.14. The third-order valence-corrected chi connectivity index (χ3v) is 6.54. The van der Waals surface area contributed by atoms with Gasteiger partial charge in [-0.1, -0.05) is 51.5 Å². The molecule has 1 aromatic rings. The Bertz CT molecular complexity index is 856. The number of hydrogen-bond donors (Lipinski definition) is 2. The van der Waals surface area contributed by atoms with E-state index in [-0.39, 0.29) is 29.8 Å². The standard InChI is InChI=1S/C28H45N3O4/c1-9-19(5)23(30-27(34)35-28(6,7)8)26(33)31(22-12-11-13-22)24(25(32)29-18(3)4)21-16-14-20(10-2)15-17-21/h14-19,22-24H,9-13H2,1-8H3,(H,29,32)(H,30,34). The number of aryl methyl sites for hydroxylation is 1. The maximum atomic E-state index is 14.2. The fourth-order valence-corrected chi connectivity index (χ4v) is 4.20. The van der Waals surface area contributed by atoms with Crippen LogP contribution < -0.4 is 10.6 Å². The Morgan fingerprint density at radius 1 is 1.03 bits per heavy atom. The van der Waals surface area contributed by atoms with Crippen LogP contribution in [0.3, 0.4) is 0 Å². The Morgan fingerprint density at radius 3 is 2.06 bits per heavy atom. The highest BCUT2D eigenvalue weighted by molar-refractivity contribution is 5.92. The zero-order chi connectivity index (χ0) is 26.3. The summed E-state index contributed by atoms with van der Waals surface area (Å²) >= 11 is 0. The highest BCUT2D eigenvalue weighted by Crippen LogP contribution is 2.34. The zero-order valence-corrected chi connectivity index (χ0v) is 22.8. The largest absolute Gasteiger partial charge is 0.444 e. The molecule has 3 amide bonds. The molecule has 0 saturated heterocycles. The highest BCUT2D eigenvalue weighted by Gasteiger charge is 2.43. The van der Waals surface area contributed by atoms with E-state index in [2.05, 4.69) is 17.6 Å². The monoisotopic (exact) mass is 487 g/mol. The molecule has 2 rings (SSSR count). The van der Waals surface area contributed by atoms with E-state index in [9.17, 15) is 14.4 Å². The molecule has 0 radical (unpaired) electrons. The summed E-state index contributed by atoms with van der Waals surface area (Å²) < 4.78 is 5.46. The Balaban J connectivity index is 2.50. The van der Waals surface area contributed by atoms with Gasteiger partial charge in [0.15, 0.2) is 0 Å². The van der Waals surface area contributed by atoms with Crippen LogP contribution in [0, 0.1) is 5.92 Å². The first-order valence-electron chi connectivity index (χ1n) is 13.1. The molecule has 3 atom stereocenters. The number of carbonyl (C=O) groups excluding carboxylic acids is 3. The van der Waals surface area contributed by atoms with Gasteiger partial charge in [-0.2, -0.15) is 0 Å². The van der Waals surface area contributed by atoms with E-state index >= 15 is 0 Å². The minimum atomic E-state index is -0.792. The predicted molar refractivity (Wildman–Crippen MR) is 139 cm³/mol. The Morgan fingerprint density at radius 2 is 1.63 bits per heavy atom. The summed E-state index contributed by atoms with van der Waals surface area (Å²) in [5.74, 6) is -0.572. The molecule has 0 heterocycles. The van der Waals surface area contributed by atoms with Crippen LogP contribution in [-0.2, 0) is 20.7 Å². The maximum Gasteiger partial charge on any atom is 0.408 e. The van der Waals surface area contributed by atoms with Crippen molar-refractivity contribution in [3.05, 3.63) is 35.4 Å². The van der Waals surface area contributed by atoms with Crippen LogP contribution in [0.15, 0.2) is 24.3 Å². The molecule has 1 saturated carbocycles. The highest BCUT2D eigenvalue weighted by atomic mass is 16.6. The van der Waals surface area contributed by atoms with Crippen LogP contribution in [0.4, 0.5) is 4.79 Å². The topological polar surface area (TPSA) is 87.7 Å². The van der Waals surface area contributed by atoms with Crippen molar-refractivity contribution >= 4 is 17.9 Å². The third-order valence-electron chi connectivity index (χ3n) is 6.54. The normalized spacial score (nSPS) is 16.6. The van der Waals surface area contributed by atoms with Gasteiger partial charge < -0.3 is 20.3 Å². The van der Waals surface area contributed by atoms with Crippen molar-refractivity contribution in [2.45, 2.75) is 117 Å². The third kappa shape index (κ3) is 7.97. The number of hydrogen-bond acceptors (Lipinski definition) is 4. The molecule has 1 fully saturated rings. The summed E-state index contributed by atoms with van der Waals surface area (Å²) in [5.41, 5.74) is 1.27. The Hall–Kier alpha value is -2.57. The molecule has 1 aromatic carbocycles. The Labute approximate surface area is 211 Å². The second-order valence-corrected chi connectivity index (χ2v) is 11.0. The van der Waals surface area contributed by atoms with Crippen LogP contribution >= 0.6 is 0 Å². The molecule has 196 valence electrons. The molecule has 0 spiro atoms. The quantitative estimate of drug-likeness (QED) is 0.479. The number of alkyl carbamates (subject to hydrolysis) is 1. The first kappa shape index (κ1) is 28.7. The van der Waals surface area contributed by atoms with Gasteiger partial charge >= 0.3 is 6.09 Å².